The van der Waals surface area contributed by atoms with E-state index in [0.29, 0.717) is 12.8 Å². The molecule has 0 atom stereocenters. The lowest BCUT2D eigenvalue weighted by molar-refractivity contribution is -0.126. The van der Waals surface area contributed by atoms with Gasteiger partial charge < -0.3 is 5.11 Å². The Labute approximate surface area is 109 Å². The van der Waals surface area contributed by atoms with Crippen LogP contribution in [0.2, 0.25) is 0 Å². The van der Waals surface area contributed by atoms with Crippen LogP contribution in [0, 0.1) is 17.3 Å². The molecule has 2 heteroatoms. The van der Waals surface area contributed by atoms with Crippen molar-refractivity contribution in [2.75, 3.05) is 0 Å². The third-order valence-corrected chi connectivity index (χ3v) is 2.72. The van der Waals surface area contributed by atoms with Crippen LogP contribution in [0.4, 0.5) is 0 Å². The Morgan fingerprint density at radius 3 is 2.56 bits per heavy atom. The number of aliphatic hydroxyl groups excluding tert-OH is 1. The fraction of sp³-hybridized carbons (Fsp3) is 0.438. The topological polar surface area (TPSA) is 37.3 Å². The van der Waals surface area contributed by atoms with Crippen molar-refractivity contribution in [1.82, 2.24) is 0 Å². The van der Waals surface area contributed by atoms with Gasteiger partial charge in [0, 0.05) is 23.8 Å². The molecule has 0 aliphatic carbocycles. The highest BCUT2D eigenvalue weighted by Gasteiger charge is 2.19. The van der Waals surface area contributed by atoms with E-state index < -0.39 is 0 Å². The standard InChI is InChI=1S/C16H20O2/c1-16(2,3)15(18)11-7-6-9-13-8-4-5-10-14(13)12-17/h4-5,8,10,17H,7,11-12H2,1-3H3. The van der Waals surface area contributed by atoms with E-state index in [4.69, 9.17) is 5.11 Å². The van der Waals surface area contributed by atoms with Crippen molar-refractivity contribution < 1.29 is 9.90 Å². The summed E-state index contributed by atoms with van der Waals surface area (Å²) in [5.74, 6) is 6.24. The van der Waals surface area contributed by atoms with Crippen LogP contribution in [-0.2, 0) is 11.4 Å². The maximum atomic E-state index is 11.7. The van der Waals surface area contributed by atoms with Gasteiger partial charge in [-0.2, -0.15) is 0 Å². The van der Waals surface area contributed by atoms with Crippen LogP contribution < -0.4 is 0 Å². The molecule has 0 radical (unpaired) electrons. The summed E-state index contributed by atoms with van der Waals surface area (Å²) in [6, 6.07) is 7.50. The van der Waals surface area contributed by atoms with Gasteiger partial charge in [-0.15, -0.1) is 0 Å². The summed E-state index contributed by atoms with van der Waals surface area (Å²) in [5.41, 5.74) is 1.38. The van der Waals surface area contributed by atoms with Crippen molar-refractivity contribution in [2.45, 2.75) is 40.2 Å². The number of ketones is 1. The Bertz CT molecular complexity index is 470. The number of carbonyl (C=O) groups is 1. The zero-order valence-electron chi connectivity index (χ0n) is 11.3. The van der Waals surface area contributed by atoms with Gasteiger partial charge >= 0.3 is 0 Å². The van der Waals surface area contributed by atoms with E-state index in [1.165, 1.54) is 0 Å². The van der Waals surface area contributed by atoms with Crippen LogP contribution >= 0.6 is 0 Å². The number of carbonyl (C=O) groups excluding carboxylic acids is 1. The lowest BCUT2D eigenvalue weighted by Gasteiger charge is -2.14. The normalized spacial score (nSPS) is 10.7. The molecule has 0 aromatic heterocycles. The Kier molecular flexibility index (Phi) is 5.12. The van der Waals surface area contributed by atoms with Gasteiger partial charge in [-0.1, -0.05) is 50.8 Å². The molecule has 0 heterocycles. The molecule has 0 saturated carbocycles. The number of aliphatic hydroxyl groups is 1. The van der Waals surface area contributed by atoms with Gasteiger partial charge in [-0.25, -0.2) is 0 Å². The van der Waals surface area contributed by atoms with Crippen LogP contribution in [0.5, 0.6) is 0 Å². The molecule has 1 rings (SSSR count). The largest absolute Gasteiger partial charge is 0.392 e. The minimum atomic E-state index is -0.287. The molecule has 0 saturated heterocycles. The zero-order valence-corrected chi connectivity index (χ0v) is 11.3. The number of hydrogen-bond acceptors (Lipinski definition) is 2. The summed E-state index contributed by atoms with van der Waals surface area (Å²) in [6.07, 6.45) is 1.05. The van der Waals surface area contributed by atoms with E-state index >= 15 is 0 Å². The molecular formula is C16H20O2. The predicted octanol–water partition coefficient (Wildman–Crippen LogP) is 2.93. The van der Waals surface area contributed by atoms with E-state index in [-0.39, 0.29) is 17.8 Å². The van der Waals surface area contributed by atoms with Crippen molar-refractivity contribution >= 4 is 5.78 Å². The molecule has 0 amide bonds. The molecule has 96 valence electrons. The maximum Gasteiger partial charge on any atom is 0.139 e. The second-order valence-corrected chi connectivity index (χ2v) is 5.29. The van der Waals surface area contributed by atoms with Crippen LogP contribution in [0.3, 0.4) is 0 Å². The summed E-state index contributed by atoms with van der Waals surface area (Å²) in [4.78, 5) is 11.7. The smallest absolute Gasteiger partial charge is 0.139 e. The van der Waals surface area contributed by atoms with Crippen molar-refractivity contribution in [3.8, 4) is 11.8 Å². The Balaban J connectivity index is 2.60. The van der Waals surface area contributed by atoms with Gasteiger partial charge in [0.15, 0.2) is 0 Å². The first-order valence-electron chi connectivity index (χ1n) is 6.16. The highest BCUT2D eigenvalue weighted by Crippen LogP contribution is 2.17. The fourth-order valence-corrected chi connectivity index (χ4v) is 1.49. The molecule has 0 fully saturated rings. The molecule has 0 unspecified atom stereocenters. The fourth-order valence-electron chi connectivity index (χ4n) is 1.49. The van der Waals surface area contributed by atoms with Gasteiger partial charge in [0.05, 0.1) is 6.61 Å². The first-order valence-corrected chi connectivity index (χ1v) is 6.16. The number of benzene rings is 1. The minimum Gasteiger partial charge on any atom is -0.392 e. The monoisotopic (exact) mass is 244 g/mol. The lowest BCUT2D eigenvalue weighted by atomic mass is 9.88. The third-order valence-electron chi connectivity index (χ3n) is 2.72. The van der Waals surface area contributed by atoms with E-state index in [1.807, 2.05) is 45.0 Å². The van der Waals surface area contributed by atoms with Gasteiger partial charge in [-0.3, -0.25) is 4.79 Å². The SMILES string of the molecule is CC(C)(C)C(=O)CCC#Cc1ccccc1CO. The van der Waals surface area contributed by atoms with Gasteiger partial charge in [0.1, 0.15) is 5.78 Å². The van der Waals surface area contributed by atoms with Crippen molar-refractivity contribution in [3.63, 3.8) is 0 Å². The van der Waals surface area contributed by atoms with Crippen LogP contribution in [0.25, 0.3) is 0 Å². The zero-order chi connectivity index (χ0) is 13.6. The van der Waals surface area contributed by atoms with Gasteiger partial charge in [0.2, 0.25) is 0 Å². The molecule has 2 nitrogen and oxygen atoms in total. The molecule has 0 spiro atoms. The number of hydrogen-bond donors (Lipinski definition) is 1. The highest BCUT2D eigenvalue weighted by atomic mass is 16.3. The average Bonchev–Trinajstić information content (AvgIpc) is 2.33. The lowest BCUT2D eigenvalue weighted by Crippen LogP contribution is -2.19. The first-order chi connectivity index (χ1) is 8.45. The maximum absolute atomic E-state index is 11.7. The predicted molar refractivity (Wildman–Crippen MR) is 72.9 cm³/mol. The number of Topliss-reactive ketones (excluding diaryl/α,β-unsaturated/α-hetero) is 1. The molecule has 0 bridgehead atoms. The van der Waals surface area contributed by atoms with Crippen LogP contribution in [-0.4, -0.2) is 10.9 Å². The summed E-state index contributed by atoms with van der Waals surface area (Å²) < 4.78 is 0. The first kappa shape index (κ1) is 14.5. The number of rotatable bonds is 3. The van der Waals surface area contributed by atoms with Crippen LogP contribution in [0.15, 0.2) is 24.3 Å². The second-order valence-electron chi connectivity index (χ2n) is 5.29. The Hall–Kier alpha value is -1.59. The van der Waals surface area contributed by atoms with E-state index in [0.717, 1.165) is 11.1 Å². The van der Waals surface area contributed by atoms with Crippen molar-refractivity contribution in [1.29, 1.82) is 0 Å². The Morgan fingerprint density at radius 1 is 1.28 bits per heavy atom. The molecular weight excluding hydrogens is 224 g/mol. The third kappa shape index (κ3) is 4.35. The van der Waals surface area contributed by atoms with E-state index in [1.54, 1.807) is 0 Å². The summed E-state index contributed by atoms with van der Waals surface area (Å²) in [7, 11) is 0. The quantitative estimate of drug-likeness (QED) is 0.830. The van der Waals surface area contributed by atoms with E-state index in [9.17, 15) is 4.79 Å². The second kappa shape index (κ2) is 6.37. The molecule has 0 aliphatic rings. The highest BCUT2D eigenvalue weighted by molar-refractivity contribution is 5.83. The van der Waals surface area contributed by atoms with Crippen LogP contribution in [0.1, 0.15) is 44.7 Å². The molecule has 0 aliphatic heterocycles. The van der Waals surface area contributed by atoms with Crippen molar-refractivity contribution in [3.05, 3.63) is 35.4 Å². The van der Waals surface area contributed by atoms with Gasteiger partial charge in [0.25, 0.3) is 0 Å². The van der Waals surface area contributed by atoms with Gasteiger partial charge in [-0.05, 0) is 11.6 Å². The van der Waals surface area contributed by atoms with E-state index in [2.05, 4.69) is 11.8 Å². The molecule has 1 aromatic rings. The summed E-state index contributed by atoms with van der Waals surface area (Å²) in [6.45, 7) is 5.75. The Morgan fingerprint density at radius 2 is 1.94 bits per heavy atom. The minimum absolute atomic E-state index is 0.00816. The summed E-state index contributed by atoms with van der Waals surface area (Å²) in [5, 5.41) is 9.15. The average molecular weight is 244 g/mol. The molecule has 1 N–H and O–H groups in total. The molecule has 1 aromatic carbocycles. The molecule has 18 heavy (non-hydrogen) atoms. The van der Waals surface area contributed by atoms with Crippen molar-refractivity contribution in [2.24, 2.45) is 5.41 Å². The summed E-state index contributed by atoms with van der Waals surface area (Å²) >= 11 is 0.